The third-order valence-electron chi connectivity index (χ3n) is 8.13. The maximum atomic E-state index is 6.99. The van der Waals surface area contributed by atoms with Crippen molar-refractivity contribution in [1.82, 2.24) is 5.32 Å². The lowest BCUT2D eigenvalue weighted by Gasteiger charge is -2.39. The Morgan fingerprint density at radius 3 is 2.62 bits per heavy atom. The molecule has 180 valence electrons. The molecule has 6 rings (SSSR count). The lowest BCUT2D eigenvalue weighted by atomic mass is 9.86. The van der Waals surface area contributed by atoms with Gasteiger partial charge in [0.1, 0.15) is 11.5 Å². The van der Waals surface area contributed by atoms with Crippen molar-refractivity contribution in [3.8, 4) is 11.5 Å². The van der Waals surface area contributed by atoms with Crippen molar-refractivity contribution in [2.75, 3.05) is 31.1 Å². The molecule has 4 aliphatic rings. The van der Waals surface area contributed by atoms with Gasteiger partial charge < -0.3 is 15.0 Å². The van der Waals surface area contributed by atoms with Crippen molar-refractivity contribution in [3.63, 3.8) is 0 Å². The number of fused-ring (bicyclic) bond motifs is 5. The Morgan fingerprint density at radius 2 is 1.76 bits per heavy atom. The van der Waals surface area contributed by atoms with E-state index in [2.05, 4.69) is 36.2 Å². The molecule has 0 amide bonds. The van der Waals surface area contributed by atoms with Gasteiger partial charge in [-0.15, -0.1) is 0 Å². The molecule has 0 saturated carbocycles. The quantitative estimate of drug-likeness (QED) is 0.598. The predicted molar refractivity (Wildman–Crippen MR) is 140 cm³/mol. The zero-order chi connectivity index (χ0) is 23.1. The first kappa shape index (κ1) is 22.0. The number of aryl methyl sites for hydroxylation is 2. The fourth-order valence-electron chi connectivity index (χ4n) is 6.47. The molecule has 0 unspecified atom stereocenters. The molecule has 4 heterocycles. The van der Waals surface area contributed by atoms with E-state index in [1.54, 1.807) is 0 Å². The molecule has 0 spiro atoms. The van der Waals surface area contributed by atoms with Gasteiger partial charge in [-0.2, -0.15) is 0 Å². The molecule has 0 fully saturated rings. The van der Waals surface area contributed by atoms with Crippen LogP contribution in [0.1, 0.15) is 86.6 Å². The molecule has 0 saturated heterocycles. The summed E-state index contributed by atoms with van der Waals surface area (Å²) in [4.78, 5) is 7.65. The van der Waals surface area contributed by atoms with Crippen molar-refractivity contribution >= 4 is 11.4 Å². The van der Waals surface area contributed by atoms with Crippen LogP contribution in [0.2, 0.25) is 0 Å². The minimum absolute atomic E-state index is 0.945. The minimum Gasteiger partial charge on any atom is -0.455 e. The third-order valence-corrected chi connectivity index (χ3v) is 8.13. The maximum absolute atomic E-state index is 6.99. The summed E-state index contributed by atoms with van der Waals surface area (Å²) in [6.07, 6.45) is 12.9. The molecule has 0 atom stereocenters. The largest absolute Gasteiger partial charge is 0.455 e. The molecule has 4 nitrogen and oxygen atoms in total. The average molecular weight is 458 g/mol. The first-order chi connectivity index (χ1) is 16.8. The number of hydrogen-bond donors (Lipinski definition) is 1. The van der Waals surface area contributed by atoms with Gasteiger partial charge >= 0.3 is 0 Å². The number of nitrogens with zero attached hydrogens (tertiary/aromatic N) is 2. The average Bonchev–Trinajstić information content (AvgIpc) is 2.88. The molecular formula is C30H39N3O. The van der Waals surface area contributed by atoms with E-state index in [9.17, 15) is 0 Å². The fraction of sp³-hybridized carbons (Fsp3) is 0.567. The molecule has 0 radical (unpaired) electrons. The van der Waals surface area contributed by atoms with E-state index in [-0.39, 0.29) is 0 Å². The minimum atomic E-state index is 0.945. The summed E-state index contributed by atoms with van der Waals surface area (Å²) in [7, 11) is 0. The number of ether oxygens (including phenoxy) is 1. The summed E-state index contributed by atoms with van der Waals surface area (Å²) in [6.45, 7) is 8.89. The van der Waals surface area contributed by atoms with Gasteiger partial charge in [0.15, 0.2) is 0 Å². The first-order valence-corrected chi connectivity index (χ1v) is 13.9. The van der Waals surface area contributed by atoms with Gasteiger partial charge in [0.05, 0.1) is 11.1 Å². The van der Waals surface area contributed by atoms with Crippen LogP contribution in [-0.4, -0.2) is 26.2 Å². The van der Waals surface area contributed by atoms with Crippen LogP contribution in [0.25, 0.3) is 5.70 Å². The Morgan fingerprint density at radius 1 is 0.941 bits per heavy atom. The lowest BCUT2D eigenvalue weighted by molar-refractivity contribution is 0.449. The third kappa shape index (κ3) is 3.61. The van der Waals surface area contributed by atoms with Crippen LogP contribution in [0.15, 0.2) is 17.1 Å². The van der Waals surface area contributed by atoms with E-state index in [0.29, 0.717) is 0 Å². The zero-order valence-electron chi connectivity index (χ0n) is 21.1. The van der Waals surface area contributed by atoms with Crippen LogP contribution in [0.5, 0.6) is 11.5 Å². The number of hydrogen-bond acceptors (Lipinski definition) is 4. The van der Waals surface area contributed by atoms with Gasteiger partial charge in [-0.05, 0) is 81.0 Å². The zero-order valence-corrected chi connectivity index (χ0v) is 21.1. The molecular weight excluding hydrogens is 418 g/mol. The number of unbranched alkanes of at least 4 members (excludes halogenated alkanes) is 2. The standard InChI is InChI=1S/C30H39N3O/c1-3-5-10-20-18-24-27(32-14-6-4-2)25-19-21-11-8-16-33-17-9-13-23(28(21)33)30(25)34-29(24)22-12-7-15-31-26(20)22/h18-19,32H,3-17H2,1-2H3. The second-order valence-electron chi connectivity index (χ2n) is 10.5. The van der Waals surface area contributed by atoms with Crippen LogP contribution >= 0.6 is 0 Å². The second kappa shape index (κ2) is 9.28. The summed E-state index contributed by atoms with van der Waals surface area (Å²) in [5.74, 6) is 2.22. The molecule has 2 aromatic carbocycles. The molecule has 0 aliphatic carbocycles. The fourth-order valence-corrected chi connectivity index (χ4v) is 6.47. The highest BCUT2D eigenvalue weighted by atomic mass is 16.5. The van der Waals surface area contributed by atoms with Crippen LogP contribution in [0.4, 0.5) is 5.69 Å². The maximum Gasteiger partial charge on any atom is 0.142 e. The van der Waals surface area contributed by atoms with Crippen LogP contribution in [0.3, 0.4) is 0 Å². The second-order valence-corrected chi connectivity index (χ2v) is 10.5. The normalized spacial score (nSPS) is 17.7. The van der Waals surface area contributed by atoms with E-state index in [1.165, 1.54) is 108 Å². The Labute approximate surface area is 204 Å². The Hall–Kier alpha value is -2.49. The molecule has 0 bridgehead atoms. The van der Waals surface area contributed by atoms with E-state index in [1.807, 2.05) is 0 Å². The van der Waals surface area contributed by atoms with E-state index < -0.39 is 0 Å². The number of anilines is 1. The van der Waals surface area contributed by atoms with Gasteiger partial charge in [0.2, 0.25) is 0 Å². The molecule has 4 aliphatic heterocycles. The van der Waals surface area contributed by atoms with Crippen LogP contribution < -0.4 is 25.5 Å². The summed E-state index contributed by atoms with van der Waals surface area (Å²) >= 11 is 0. The Balaban J connectivity index is 1.62. The van der Waals surface area contributed by atoms with Crippen LogP contribution in [0, 0.1) is 0 Å². The molecule has 2 aromatic rings. The van der Waals surface area contributed by atoms with Gasteiger partial charge in [-0.3, -0.25) is 4.99 Å². The van der Waals surface area contributed by atoms with Crippen molar-refractivity contribution < 1.29 is 4.74 Å². The highest BCUT2D eigenvalue weighted by molar-refractivity contribution is 5.81. The molecule has 4 heteroatoms. The van der Waals surface area contributed by atoms with E-state index in [0.717, 1.165) is 50.3 Å². The van der Waals surface area contributed by atoms with Crippen molar-refractivity contribution in [3.05, 3.63) is 50.5 Å². The molecule has 0 aromatic heterocycles. The van der Waals surface area contributed by atoms with Gasteiger partial charge in [0, 0.05) is 53.8 Å². The summed E-state index contributed by atoms with van der Waals surface area (Å²) in [5, 5.41) is 6.42. The lowest BCUT2D eigenvalue weighted by Crippen LogP contribution is -2.37. The SMILES string of the molecule is CCCCNC1=c2cc(CCCC)c3c(c2Oc2c1cc1c4c2CCCN4CCC1)CCCN=3. The van der Waals surface area contributed by atoms with Crippen molar-refractivity contribution in [2.24, 2.45) is 4.99 Å². The summed E-state index contributed by atoms with van der Waals surface area (Å²) in [6, 6.07) is 4.89. The highest BCUT2D eigenvalue weighted by Gasteiger charge is 2.33. The highest BCUT2D eigenvalue weighted by Crippen LogP contribution is 2.46. The Bertz CT molecular complexity index is 1230. The number of rotatable bonds is 7. The number of benzene rings is 2. The van der Waals surface area contributed by atoms with Crippen molar-refractivity contribution in [2.45, 2.75) is 84.5 Å². The van der Waals surface area contributed by atoms with E-state index in [4.69, 9.17) is 9.73 Å². The predicted octanol–water partition coefficient (Wildman–Crippen LogP) is 4.95. The molecule has 1 N–H and O–H groups in total. The first-order valence-electron chi connectivity index (χ1n) is 13.9. The smallest absolute Gasteiger partial charge is 0.142 e. The number of nitrogens with one attached hydrogen (secondary N) is 1. The van der Waals surface area contributed by atoms with Crippen LogP contribution in [-0.2, 0) is 25.7 Å². The summed E-state index contributed by atoms with van der Waals surface area (Å²) < 4.78 is 6.99. The summed E-state index contributed by atoms with van der Waals surface area (Å²) in [5.41, 5.74) is 9.85. The van der Waals surface area contributed by atoms with Gasteiger partial charge in [-0.1, -0.05) is 26.7 Å². The van der Waals surface area contributed by atoms with Crippen molar-refractivity contribution in [1.29, 1.82) is 0 Å². The topological polar surface area (TPSA) is 36.9 Å². The van der Waals surface area contributed by atoms with Gasteiger partial charge in [-0.25, -0.2) is 0 Å². The van der Waals surface area contributed by atoms with E-state index >= 15 is 0 Å². The molecule has 34 heavy (non-hydrogen) atoms. The monoisotopic (exact) mass is 457 g/mol. The van der Waals surface area contributed by atoms with Gasteiger partial charge in [0.25, 0.3) is 0 Å². The Kier molecular flexibility index (Phi) is 6.01.